The standard InChI is InChI=1S/C20H27N3O4S/c1-13(11-23(3)14(2)24)12-28(26,27)22-20(25)21-19-17-8-4-6-15(17)10-16-7-5-9-18(16)19/h10H,1,4-9,11-12H2,2-3H3,(H2,21,22,25). The summed E-state index contributed by atoms with van der Waals surface area (Å²) in [6.45, 7) is 5.22. The summed E-state index contributed by atoms with van der Waals surface area (Å²) in [6, 6.07) is 1.50. The number of sulfonamides is 1. The second kappa shape index (κ2) is 7.95. The SMILES string of the molecule is C=C(CN(C)C(C)=O)CS(=O)(=O)NC(=O)Nc1c2c(cc3c1CCC3)CCC2. The normalized spacial score (nSPS) is 14.9. The summed E-state index contributed by atoms with van der Waals surface area (Å²) >= 11 is 0. The van der Waals surface area contributed by atoms with Crippen molar-refractivity contribution in [1.82, 2.24) is 9.62 Å². The summed E-state index contributed by atoms with van der Waals surface area (Å²) in [5, 5.41) is 2.81. The lowest BCUT2D eigenvalue weighted by Crippen LogP contribution is -2.38. The van der Waals surface area contributed by atoms with Crippen LogP contribution in [0.2, 0.25) is 0 Å². The molecular weight excluding hydrogens is 378 g/mol. The van der Waals surface area contributed by atoms with Crippen LogP contribution in [0.4, 0.5) is 10.5 Å². The maximum atomic E-state index is 12.4. The van der Waals surface area contributed by atoms with Crippen LogP contribution in [0.25, 0.3) is 0 Å². The molecule has 3 rings (SSSR count). The Hall–Kier alpha value is -2.35. The Labute approximate surface area is 166 Å². The van der Waals surface area contributed by atoms with E-state index in [-0.39, 0.29) is 12.5 Å². The number of amides is 3. The van der Waals surface area contributed by atoms with Crippen molar-refractivity contribution in [3.63, 3.8) is 0 Å². The van der Waals surface area contributed by atoms with Crippen molar-refractivity contribution < 1.29 is 18.0 Å². The zero-order chi connectivity index (χ0) is 20.5. The Morgan fingerprint density at radius 3 is 2.21 bits per heavy atom. The zero-order valence-electron chi connectivity index (χ0n) is 16.4. The summed E-state index contributed by atoms with van der Waals surface area (Å²) in [5.74, 6) is -0.598. The van der Waals surface area contributed by atoms with E-state index in [4.69, 9.17) is 0 Å². The number of rotatable bonds is 6. The van der Waals surface area contributed by atoms with Gasteiger partial charge in [-0.25, -0.2) is 17.9 Å². The summed E-state index contributed by atoms with van der Waals surface area (Å²) in [4.78, 5) is 25.1. The first-order chi connectivity index (χ1) is 13.2. The fourth-order valence-electron chi connectivity index (χ4n) is 4.04. The molecule has 28 heavy (non-hydrogen) atoms. The Kier molecular flexibility index (Phi) is 5.79. The van der Waals surface area contributed by atoms with Crippen molar-refractivity contribution in [2.75, 3.05) is 24.7 Å². The van der Waals surface area contributed by atoms with E-state index < -0.39 is 21.8 Å². The molecule has 3 amide bonds. The molecule has 8 heteroatoms. The van der Waals surface area contributed by atoms with E-state index in [0.29, 0.717) is 5.57 Å². The number of hydrogen-bond acceptors (Lipinski definition) is 4. The summed E-state index contributed by atoms with van der Waals surface area (Å²) in [6.07, 6.45) is 5.91. The fraction of sp³-hybridized carbons (Fsp3) is 0.500. The van der Waals surface area contributed by atoms with Gasteiger partial charge in [0.05, 0.1) is 5.75 Å². The lowest BCUT2D eigenvalue weighted by molar-refractivity contribution is -0.127. The average Bonchev–Trinajstić information content (AvgIpc) is 3.21. The van der Waals surface area contributed by atoms with Crippen LogP contribution in [-0.2, 0) is 40.5 Å². The summed E-state index contributed by atoms with van der Waals surface area (Å²) in [5.41, 5.74) is 5.94. The number of fused-ring (bicyclic) bond motifs is 2. The van der Waals surface area contributed by atoms with Crippen LogP contribution in [0.15, 0.2) is 18.2 Å². The van der Waals surface area contributed by atoms with Gasteiger partial charge in [-0.15, -0.1) is 0 Å². The number of hydrogen-bond donors (Lipinski definition) is 2. The smallest absolute Gasteiger partial charge is 0.332 e. The van der Waals surface area contributed by atoms with Crippen LogP contribution in [-0.4, -0.2) is 44.6 Å². The molecule has 2 aliphatic rings. The second-order valence-corrected chi connectivity index (χ2v) is 9.40. The number of anilines is 1. The Morgan fingerprint density at radius 1 is 1.11 bits per heavy atom. The zero-order valence-corrected chi connectivity index (χ0v) is 17.2. The first-order valence-corrected chi connectivity index (χ1v) is 11.2. The highest BCUT2D eigenvalue weighted by Gasteiger charge is 2.26. The van der Waals surface area contributed by atoms with E-state index in [1.165, 1.54) is 23.0 Å². The monoisotopic (exact) mass is 405 g/mol. The van der Waals surface area contributed by atoms with Gasteiger partial charge >= 0.3 is 6.03 Å². The van der Waals surface area contributed by atoms with Crippen molar-refractivity contribution in [1.29, 1.82) is 0 Å². The van der Waals surface area contributed by atoms with E-state index in [9.17, 15) is 18.0 Å². The Morgan fingerprint density at radius 2 is 1.68 bits per heavy atom. The van der Waals surface area contributed by atoms with Crippen molar-refractivity contribution in [3.05, 3.63) is 40.5 Å². The molecule has 152 valence electrons. The van der Waals surface area contributed by atoms with Gasteiger partial charge in [-0.3, -0.25) is 4.79 Å². The van der Waals surface area contributed by atoms with Gasteiger partial charge in [-0.05, 0) is 66.4 Å². The van der Waals surface area contributed by atoms with E-state index in [2.05, 4.69) is 22.7 Å². The number of likely N-dealkylation sites (N-methyl/N-ethyl adjacent to an activating group) is 1. The molecule has 2 N–H and O–H groups in total. The van der Waals surface area contributed by atoms with Gasteiger partial charge < -0.3 is 10.2 Å². The highest BCUT2D eigenvalue weighted by atomic mass is 32.2. The van der Waals surface area contributed by atoms with E-state index >= 15 is 0 Å². The van der Waals surface area contributed by atoms with Crippen molar-refractivity contribution >= 4 is 27.6 Å². The molecular formula is C20H27N3O4S. The molecule has 0 unspecified atom stereocenters. The number of nitrogens with zero attached hydrogens (tertiary/aromatic N) is 1. The third kappa shape index (κ3) is 4.55. The van der Waals surface area contributed by atoms with Crippen molar-refractivity contribution in [2.45, 2.75) is 45.4 Å². The van der Waals surface area contributed by atoms with Crippen LogP contribution < -0.4 is 10.0 Å². The minimum atomic E-state index is -3.90. The predicted molar refractivity (Wildman–Crippen MR) is 109 cm³/mol. The van der Waals surface area contributed by atoms with E-state index in [1.807, 2.05) is 0 Å². The summed E-state index contributed by atoms with van der Waals surface area (Å²) < 4.78 is 26.7. The molecule has 0 saturated carbocycles. The number of nitrogens with one attached hydrogen (secondary N) is 2. The molecule has 0 bridgehead atoms. The predicted octanol–water partition coefficient (Wildman–Crippen LogP) is 2.15. The molecule has 0 spiro atoms. The fourth-order valence-corrected chi connectivity index (χ4v) is 5.08. The van der Waals surface area contributed by atoms with Crippen molar-refractivity contribution in [2.24, 2.45) is 0 Å². The third-order valence-corrected chi connectivity index (χ3v) is 6.64. The number of carbonyl (C=O) groups is 2. The molecule has 7 nitrogen and oxygen atoms in total. The van der Waals surface area contributed by atoms with Gasteiger partial charge in [0.1, 0.15) is 0 Å². The topological polar surface area (TPSA) is 95.6 Å². The number of urea groups is 1. The van der Waals surface area contributed by atoms with Gasteiger partial charge in [0.25, 0.3) is 0 Å². The maximum Gasteiger partial charge on any atom is 0.332 e. The molecule has 2 aliphatic carbocycles. The quantitative estimate of drug-likeness (QED) is 0.709. The molecule has 0 saturated heterocycles. The molecule has 0 heterocycles. The lowest BCUT2D eigenvalue weighted by atomic mass is 9.99. The molecule has 0 radical (unpaired) electrons. The number of benzene rings is 1. The Balaban J connectivity index is 1.68. The third-order valence-electron chi connectivity index (χ3n) is 5.35. The van der Waals surface area contributed by atoms with Crippen LogP contribution in [0.3, 0.4) is 0 Å². The molecule has 1 aromatic carbocycles. The first-order valence-electron chi connectivity index (χ1n) is 9.52. The van der Waals surface area contributed by atoms with Crippen molar-refractivity contribution in [3.8, 4) is 0 Å². The molecule has 0 aliphatic heterocycles. The van der Waals surface area contributed by atoms with Crippen LogP contribution >= 0.6 is 0 Å². The molecule has 0 atom stereocenters. The first kappa shape index (κ1) is 20.4. The highest BCUT2D eigenvalue weighted by Crippen LogP contribution is 2.38. The minimum Gasteiger partial charge on any atom is -0.342 e. The number of aryl methyl sites for hydroxylation is 2. The van der Waals surface area contributed by atoms with Gasteiger partial charge in [-0.2, -0.15) is 0 Å². The average molecular weight is 406 g/mol. The van der Waals surface area contributed by atoms with Crippen LogP contribution in [0.5, 0.6) is 0 Å². The lowest BCUT2D eigenvalue weighted by Gasteiger charge is -2.18. The second-order valence-electron chi connectivity index (χ2n) is 7.67. The van der Waals surface area contributed by atoms with E-state index in [1.54, 1.807) is 7.05 Å². The van der Waals surface area contributed by atoms with Gasteiger partial charge in [-0.1, -0.05) is 12.6 Å². The van der Waals surface area contributed by atoms with Gasteiger partial charge in [0.2, 0.25) is 15.9 Å². The largest absolute Gasteiger partial charge is 0.342 e. The molecule has 0 fully saturated rings. The molecule has 1 aromatic rings. The van der Waals surface area contributed by atoms with E-state index in [0.717, 1.165) is 55.3 Å². The summed E-state index contributed by atoms with van der Waals surface area (Å²) in [7, 11) is -2.33. The van der Waals surface area contributed by atoms with Gasteiger partial charge in [0.15, 0.2) is 0 Å². The highest BCUT2D eigenvalue weighted by molar-refractivity contribution is 7.90. The minimum absolute atomic E-state index is 0.123. The van der Waals surface area contributed by atoms with Gasteiger partial charge in [0, 0.05) is 26.2 Å². The maximum absolute atomic E-state index is 12.4. The van der Waals surface area contributed by atoms with Crippen LogP contribution in [0.1, 0.15) is 42.0 Å². The Bertz CT molecular complexity index is 905. The molecule has 0 aromatic heterocycles. The van der Waals surface area contributed by atoms with Crippen LogP contribution in [0, 0.1) is 0 Å². The number of carbonyl (C=O) groups excluding carboxylic acids is 2.